The van der Waals surface area contributed by atoms with Gasteiger partial charge in [-0.15, -0.1) is 0 Å². The van der Waals surface area contributed by atoms with Gasteiger partial charge >= 0.3 is 0 Å². The summed E-state index contributed by atoms with van der Waals surface area (Å²) in [4.78, 5) is 15.3. The zero-order chi connectivity index (χ0) is 14.7. The van der Waals surface area contributed by atoms with Crippen LogP contribution in [0.1, 0.15) is 18.4 Å². The summed E-state index contributed by atoms with van der Waals surface area (Å²) >= 11 is 3.60. The number of hydrogen-bond donors (Lipinski definition) is 1. The molecule has 20 heavy (non-hydrogen) atoms. The highest BCUT2D eigenvalue weighted by Gasteiger charge is 2.20. The molecule has 1 aromatic carbocycles. The second-order valence-electron chi connectivity index (χ2n) is 5.59. The van der Waals surface area contributed by atoms with Crippen molar-refractivity contribution in [3.63, 3.8) is 0 Å². The van der Waals surface area contributed by atoms with E-state index in [2.05, 4.69) is 39.4 Å². The molecule has 1 N–H and O–H groups in total. The van der Waals surface area contributed by atoms with Gasteiger partial charge < -0.3 is 15.1 Å². The molecule has 5 heteroatoms. The number of halogens is 1. The van der Waals surface area contributed by atoms with E-state index < -0.39 is 0 Å². The molecule has 0 aromatic heterocycles. The maximum absolute atomic E-state index is 11.7. The van der Waals surface area contributed by atoms with E-state index in [1.54, 1.807) is 19.0 Å². The molecular formula is C15H22BrN3O. The number of anilines is 1. The van der Waals surface area contributed by atoms with Crippen LogP contribution in [0.25, 0.3) is 0 Å². The summed E-state index contributed by atoms with van der Waals surface area (Å²) in [5.41, 5.74) is 2.30. The van der Waals surface area contributed by atoms with Crippen molar-refractivity contribution < 1.29 is 4.79 Å². The van der Waals surface area contributed by atoms with Gasteiger partial charge in [-0.3, -0.25) is 4.79 Å². The molecule has 1 fully saturated rings. The molecule has 0 unspecified atom stereocenters. The van der Waals surface area contributed by atoms with Crippen molar-refractivity contribution in [2.45, 2.75) is 25.4 Å². The van der Waals surface area contributed by atoms with Crippen LogP contribution in [0.5, 0.6) is 0 Å². The van der Waals surface area contributed by atoms with Crippen molar-refractivity contribution in [2.24, 2.45) is 0 Å². The van der Waals surface area contributed by atoms with E-state index in [9.17, 15) is 4.79 Å². The van der Waals surface area contributed by atoms with E-state index in [1.165, 1.54) is 18.4 Å². The lowest BCUT2D eigenvalue weighted by atomic mass is 10.2. The molecule has 0 radical (unpaired) electrons. The van der Waals surface area contributed by atoms with Gasteiger partial charge in [0.1, 0.15) is 0 Å². The topological polar surface area (TPSA) is 35.6 Å². The minimum absolute atomic E-state index is 0.0962. The fourth-order valence-corrected chi connectivity index (χ4v) is 2.68. The van der Waals surface area contributed by atoms with Crippen LogP contribution in [0, 0.1) is 0 Å². The number of likely N-dealkylation sites (N-methyl/N-ethyl adjacent to an activating group) is 2. The number of benzene rings is 1. The summed E-state index contributed by atoms with van der Waals surface area (Å²) in [6.45, 7) is 1.29. The third-order valence-corrected chi connectivity index (χ3v) is 4.10. The highest BCUT2D eigenvalue weighted by molar-refractivity contribution is 9.10. The van der Waals surface area contributed by atoms with Crippen molar-refractivity contribution in [1.29, 1.82) is 0 Å². The number of hydrogen-bond acceptors (Lipinski definition) is 3. The van der Waals surface area contributed by atoms with Crippen LogP contribution < -0.4 is 10.2 Å². The molecule has 1 amide bonds. The number of carbonyl (C=O) groups is 1. The number of nitrogens with one attached hydrogen (secondary N) is 1. The summed E-state index contributed by atoms with van der Waals surface area (Å²) in [5, 5.41) is 3.50. The first-order valence-corrected chi connectivity index (χ1v) is 7.70. The van der Waals surface area contributed by atoms with E-state index in [-0.39, 0.29) is 5.91 Å². The van der Waals surface area contributed by atoms with Crippen LogP contribution in [-0.4, -0.2) is 44.5 Å². The first-order chi connectivity index (χ1) is 9.47. The highest BCUT2D eigenvalue weighted by Crippen LogP contribution is 2.27. The van der Waals surface area contributed by atoms with Gasteiger partial charge in [0.25, 0.3) is 0 Å². The molecule has 4 nitrogen and oxygen atoms in total. The van der Waals surface area contributed by atoms with Crippen LogP contribution in [0.2, 0.25) is 0 Å². The molecule has 1 saturated carbocycles. The molecule has 1 aliphatic rings. The van der Waals surface area contributed by atoms with E-state index in [4.69, 9.17) is 0 Å². The molecule has 1 aliphatic carbocycles. The van der Waals surface area contributed by atoms with E-state index in [0.717, 1.165) is 16.7 Å². The lowest BCUT2D eigenvalue weighted by Crippen LogP contribution is -2.34. The predicted molar refractivity (Wildman–Crippen MR) is 86.0 cm³/mol. The quantitative estimate of drug-likeness (QED) is 0.863. The van der Waals surface area contributed by atoms with Crippen molar-refractivity contribution in [1.82, 2.24) is 10.2 Å². The molecule has 0 atom stereocenters. The number of carbonyl (C=O) groups excluding carboxylic acids is 1. The smallest absolute Gasteiger partial charge is 0.241 e. The Morgan fingerprint density at radius 2 is 2.05 bits per heavy atom. The SMILES string of the molecule is CN(C)C(=O)CN(C)c1ccc(CNC2CC2)cc1Br. The molecular weight excluding hydrogens is 318 g/mol. The summed E-state index contributed by atoms with van der Waals surface area (Å²) in [7, 11) is 5.49. The monoisotopic (exact) mass is 339 g/mol. The third kappa shape index (κ3) is 4.21. The predicted octanol–water partition coefficient (Wildman–Crippen LogP) is 2.23. The van der Waals surface area contributed by atoms with Crippen molar-refractivity contribution in [3.05, 3.63) is 28.2 Å². The van der Waals surface area contributed by atoms with E-state index in [1.807, 2.05) is 11.9 Å². The first-order valence-electron chi connectivity index (χ1n) is 6.90. The van der Waals surface area contributed by atoms with Gasteiger partial charge in [0.15, 0.2) is 0 Å². The molecule has 1 aromatic rings. The van der Waals surface area contributed by atoms with Gasteiger partial charge in [0, 0.05) is 38.2 Å². The summed E-state index contributed by atoms with van der Waals surface area (Å²) in [6, 6.07) is 7.03. The Labute approximate surface area is 129 Å². The Morgan fingerprint density at radius 1 is 1.35 bits per heavy atom. The van der Waals surface area contributed by atoms with Gasteiger partial charge in [-0.05, 0) is 46.5 Å². The van der Waals surface area contributed by atoms with Gasteiger partial charge in [-0.2, -0.15) is 0 Å². The zero-order valence-electron chi connectivity index (χ0n) is 12.3. The van der Waals surface area contributed by atoms with Crippen molar-refractivity contribution in [3.8, 4) is 0 Å². The van der Waals surface area contributed by atoms with Crippen LogP contribution in [0.15, 0.2) is 22.7 Å². The Balaban J connectivity index is 1.98. The average molecular weight is 340 g/mol. The molecule has 0 bridgehead atoms. The van der Waals surface area contributed by atoms with Crippen LogP contribution in [0.4, 0.5) is 5.69 Å². The second kappa shape index (κ2) is 6.59. The number of rotatable bonds is 6. The van der Waals surface area contributed by atoms with E-state index >= 15 is 0 Å². The maximum Gasteiger partial charge on any atom is 0.241 e. The van der Waals surface area contributed by atoms with Crippen molar-refractivity contribution in [2.75, 3.05) is 32.6 Å². The Bertz CT molecular complexity index is 486. The van der Waals surface area contributed by atoms with Gasteiger partial charge in [-0.1, -0.05) is 6.07 Å². The average Bonchev–Trinajstić information content (AvgIpc) is 3.20. The first kappa shape index (κ1) is 15.3. The minimum atomic E-state index is 0.0962. The van der Waals surface area contributed by atoms with Gasteiger partial charge in [0.05, 0.1) is 12.2 Å². The van der Waals surface area contributed by atoms with Gasteiger partial charge in [-0.25, -0.2) is 0 Å². The standard InChI is InChI=1S/C15H22BrN3O/c1-18(2)15(20)10-19(3)14-7-4-11(8-13(14)16)9-17-12-5-6-12/h4,7-8,12,17H,5-6,9-10H2,1-3H3. The largest absolute Gasteiger partial charge is 0.364 e. The Hall–Kier alpha value is -1.07. The number of amides is 1. The van der Waals surface area contributed by atoms with E-state index in [0.29, 0.717) is 12.6 Å². The fraction of sp³-hybridized carbons (Fsp3) is 0.533. The summed E-state index contributed by atoms with van der Waals surface area (Å²) in [5.74, 6) is 0.0962. The lowest BCUT2D eigenvalue weighted by molar-refractivity contribution is -0.127. The lowest BCUT2D eigenvalue weighted by Gasteiger charge is -2.22. The molecule has 0 aliphatic heterocycles. The minimum Gasteiger partial charge on any atom is -0.364 e. The van der Waals surface area contributed by atoms with Crippen LogP contribution in [0.3, 0.4) is 0 Å². The number of nitrogens with zero attached hydrogens (tertiary/aromatic N) is 2. The van der Waals surface area contributed by atoms with Gasteiger partial charge in [0.2, 0.25) is 5.91 Å². The van der Waals surface area contributed by atoms with Crippen LogP contribution >= 0.6 is 15.9 Å². The summed E-state index contributed by atoms with van der Waals surface area (Å²) in [6.07, 6.45) is 2.60. The molecule has 0 spiro atoms. The Kier molecular flexibility index (Phi) is 5.05. The van der Waals surface area contributed by atoms with Crippen molar-refractivity contribution >= 4 is 27.5 Å². The fourth-order valence-electron chi connectivity index (χ4n) is 1.95. The molecule has 2 rings (SSSR count). The molecule has 110 valence electrons. The maximum atomic E-state index is 11.7. The highest BCUT2D eigenvalue weighted by atomic mass is 79.9. The van der Waals surface area contributed by atoms with Crippen LogP contribution in [-0.2, 0) is 11.3 Å². The Morgan fingerprint density at radius 3 is 2.60 bits per heavy atom. The molecule has 0 saturated heterocycles. The normalized spacial score (nSPS) is 14.2. The molecule has 0 heterocycles. The third-order valence-electron chi connectivity index (χ3n) is 3.47. The summed E-state index contributed by atoms with van der Waals surface area (Å²) < 4.78 is 1.03. The second-order valence-corrected chi connectivity index (χ2v) is 6.44. The zero-order valence-corrected chi connectivity index (χ0v) is 13.9.